The molecule has 0 spiro atoms. The van der Waals surface area contributed by atoms with Gasteiger partial charge in [-0.3, -0.25) is 20.0 Å². The summed E-state index contributed by atoms with van der Waals surface area (Å²) >= 11 is 0. The summed E-state index contributed by atoms with van der Waals surface area (Å²) in [6.45, 7) is 0. The lowest BCUT2D eigenvalue weighted by atomic mass is 10.1. The van der Waals surface area contributed by atoms with Crippen LogP contribution in [0.4, 0.5) is 13.2 Å². The van der Waals surface area contributed by atoms with Crippen molar-refractivity contribution in [3.8, 4) is 0 Å². The van der Waals surface area contributed by atoms with E-state index in [0.717, 1.165) is 24.3 Å². The summed E-state index contributed by atoms with van der Waals surface area (Å²) in [5.74, 6) is -2.50. The van der Waals surface area contributed by atoms with Crippen LogP contribution in [0.5, 0.6) is 0 Å². The molecule has 0 saturated carbocycles. The Labute approximate surface area is 151 Å². The Morgan fingerprint density at radius 1 is 1.11 bits per heavy atom. The van der Waals surface area contributed by atoms with Gasteiger partial charge in [0.2, 0.25) is 0 Å². The second-order valence-electron chi connectivity index (χ2n) is 5.72. The topological polar surface area (TPSA) is 96.4 Å². The number of rotatable bonds is 3. The van der Waals surface area contributed by atoms with Crippen molar-refractivity contribution in [1.82, 2.24) is 15.4 Å². The first-order valence-corrected chi connectivity index (χ1v) is 9.23. The SMILES string of the molecule is O=C(NN1C(=O)CS(=O)(=O)C1c1ccc(C(F)(F)F)cc1)c1ccncc1. The predicted molar refractivity (Wildman–Crippen MR) is 86.5 cm³/mol. The van der Waals surface area contributed by atoms with Crippen molar-refractivity contribution >= 4 is 21.7 Å². The van der Waals surface area contributed by atoms with Gasteiger partial charge < -0.3 is 0 Å². The van der Waals surface area contributed by atoms with Gasteiger partial charge in [-0.1, -0.05) is 12.1 Å². The minimum atomic E-state index is -4.59. The lowest BCUT2D eigenvalue weighted by Crippen LogP contribution is -2.45. The number of benzene rings is 1. The standard InChI is InChI=1S/C16H12F3N3O4S/c17-16(18,19)12-3-1-11(2-4-12)15-22(13(23)9-27(15,25)26)21-14(24)10-5-7-20-8-6-10/h1-8,15H,9H2,(H,21,24). The van der Waals surface area contributed by atoms with Crippen LogP contribution in [-0.2, 0) is 20.8 Å². The van der Waals surface area contributed by atoms with Gasteiger partial charge in [0.05, 0.1) is 5.56 Å². The third-order valence-corrected chi connectivity index (χ3v) is 5.67. The molecule has 11 heteroatoms. The third kappa shape index (κ3) is 3.77. The average Bonchev–Trinajstić information content (AvgIpc) is 2.83. The Hall–Kier alpha value is -2.95. The number of amides is 2. The Morgan fingerprint density at radius 2 is 1.70 bits per heavy atom. The van der Waals surface area contributed by atoms with Crippen molar-refractivity contribution < 1.29 is 31.2 Å². The van der Waals surface area contributed by atoms with Gasteiger partial charge in [-0.15, -0.1) is 0 Å². The van der Waals surface area contributed by atoms with Crippen LogP contribution in [0.15, 0.2) is 48.8 Å². The number of carbonyl (C=O) groups is 2. The van der Waals surface area contributed by atoms with E-state index in [1.54, 1.807) is 0 Å². The molecule has 1 aromatic heterocycles. The number of nitrogens with zero attached hydrogens (tertiary/aromatic N) is 2. The second kappa shape index (κ2) is 6.65. The molecule has 0 aliphatic carbocycles. The molecule has 27 heavy (non-hydrogen) atoms. The molecule has 2 aromatic rings. The van der Waals surface area contributed by atoms with Crippen molar-refractivity contribution in [2.45, 2.75) is 11.6 Å². The van der Waals surface area contributed by atoms with Crippen LogP contribution in [0, 0.1) is 0 Å². The minimum absolute atomic E-state index is 0.0659. The molecule has 1 fully saturated rings. The van der Waals surface area contributed by atoms with Gasteiger partial charge >= 0.3 is 6.18 Å². The van der Waals surface area contributed by atoms with E-state index in [2.05, 4.69) is 10.4 Å². The summed E-state index contributed by atoms with van der Waals surface area (Å²) in [4.78, 5) is 28.1. The van der Waals surface area contributed by atoms with Crippen LogP contribution in [0.25, 0.3) is 0 Å². The van der Waals surface area contributed by atoms with Crippen LogP contribution < -0.4 is 5.43 Å². The van der Waals surface area contributed by atoms with Gasteiger partial charge in [0.25, 0.3) is 11.8 Å². The maximum atomic E-state index is 12.7. The highest BCUT2D eigenvalue weighted by Gasteiger charge is 2.46. The molecule has 142 valence electrons. The van der Waals surface area contributed by atoms with E-state index < -0.39 is 44.5 Å². The number of carbonyl (C=O) groups excluding carboxylic acids is 2. The Kier molecular flexibility index (Phi) is 4.64. The van der Waals surface area contributed by atoms with Crippen molar-refractivity contribution in [2.24, 2.45) is 0 Å². The van der Waals surface area contributed by atoms with Gasteiger partial charge in [-0.2, -0.15) is 13.2 Å². The molecule has 1 unspecified atom stereocenters. The number of nitrogens with one attached hydrogen (secondary N) is 1. The molecule has 3 rings (SSSR count). The van der Waals surface area contributed by atoms with E-state index in [4.69, 9.17) is 0 Å². The van der Waals surface area contributed by atoms with E-state index in [-0.39, 0.29) is 11.1 Å². The smallest absolute Gasteiger partial charge is 0.272 e. The zero-order chi connectivity index (χ0) is 19.8. The lowest BCUT2D eigenvalue weighted by Gasteiger charge is -2.24. The Bertz CT molecular complexity index is 976. The van der Waals surface area contributed by atoms with Gasteiger partial charge in [0.1, 0.15) is 5.75 Å². The first-order chi connectivity index (χ1) is 12.6. The maximum Gasteiger partial charge on any atom is 0.416 e. The van der Waals surface area contributed by atoms with Crippen LogP contribution in [0.3, 0.4) is 0 Å². The Morgan fingerprint density at radius 3 is 2.26 bits per heavy atom. The zero-order valence-corrected chi connectivity index (χ0v) is 14.3. The number of hydrogen-bond donors (Lipinski definition) is 1. The largest absolute Gasteiger partial charge is 0.416 e. The fraction of sp³-hybridized carbons (Fsp3) is 0.188. The molecule has 2 heterocycles. The summed E-state index contributed by atoms with van der Waals surface area (Å²) in [7, 11) is -4.05. The summed E-state index contributed by atoms with van der Waals surface area (Å²) in [5.41, 5.74) is 1.32. The molecule has 1 saturated heterocycles. The number of aromatic nitrogens is 1. The third-order valence-electron chi connectivity index (χ3n) is 3.86. The molecule has 2 amide bonds. The minimum Gasteiger partial charge on any atom is -0.272 e. The molecular formula is C16H12F3N3O4S. The number of hydrazine groups is 1. The molecule has 1 N–H and O–H groups in total. The van der Waals surface area contributed by atoms with Gasteiger partial charge in [-0.25, -0.2) is 13.4 Å². The normalized spacial score (nSPS) is 19.1. The van der Waals surface area contributed by atoms with Gasteiger partial charge in [0, 0.05) is 18.0 Å². The molecule has 1 atom stereocenters. The summed E-state index contributed by atoms with van der Waals surface area (Å²) in [6, 6.07) is 6.09. The molecule has 1 aliphatic heterocycles. The lowest BCUT2D eigenvalue weighted by molar-refractivity contribution is -0.137. The van der Waals surface area contributed by atoms with Crippen LogP contribution in [0.1, 0.15) is 26.9 Å². The van der Waals surface area contributed by atoms with E-state index in [1.807, 2.05) is 0 Å². The zero-order valence-electron chi connectivity index (χ0n) is 13.5. The first-order valence-electron chi connectivity index (χ1n) is 7.51. The molecule has 1 aromatic carbocycles. The molecule has 1 aliphatic rings. The monoisotopic (exact) mass is 399 g/mol. The Balaban J connectivity index is 1.93. The second-order valence-corrected chi connectivity index (χ2v) is 7.78. The van der Waals surface area contributed by atoms with Crippen molar-refractivity contribution in [1.29, 1.82) is 0 Å². The number of hydrogen-bond acceptors (Lipinski definition) is 5. The van der Waals surface area contributed by atoms with Crippen LogP contribution in [-0.4, -0.2) is 36.0 Å². The average molecular weight is 399 g/mol. The molecule has 7 nitrogen and oxygen atoms in total. The van der Waals surface area contributed by atoms with Crippen molar-refractivity contribution in [3.63, 3.8) is 0 Å². The maximum absolute atomic E-state index is 12.7. The number of sulfone groups is 1. The number of pyridine rings is 1. The summed E-state index contributed by atoms with van der Waals surface area (Å²) in [6.07, 6.45) is -1.91. The van der Waals surface area contributed by atoms with E-state index >= 15 is 0 Å². The summed E-state index contributed by atoms with van der Waals surface area (Å²) in [5, 5.41) is -0.987. The van der Waals surface area contributed by atoms with Crippen LogP contribution in [0.2, 0.25) is 0 Å². The fourth-order valence-corrected chi connectivity index (χ4v) is 4.31. The molecular weight excluding hydrogens is 387 g/mol. The van der Waals surface area contributed by atoms with Crippen molar-refractivity contribution in [3.05, 3.63) is 65.5 Å². The molecule has 0 bridgehead atoms. The highest BCUT2D eigenvalue weighted by atomic mass is 32.2. The fourth-order valence-electron chi connectivity index (χ4n) is 2.60. The molecule has 0 radical (unpaired) electrons. The number of alkyl halides is 3. The number of halogens is 3. The highest BCUT2D eigenvalue weighted by molar-refractivity contribution is 7.92. The van der Waals surface area contributed by atoms with Gasteiger partial charge in [-0.05, 0) is 29.8 Å². The first kappa shape index (κ1) is 18.8. The predicted octanol–water partition coefficient (Wildman–Crippen LogP) is 1.70. The summed E-state index contributed by atoms with van der Waals surface area (Å²) < 4.78 is 62.8. The quantitative estimate of drug-likeness (QED) is 0.848. The van der Waals surface area contributed by atoms with E-state index in [9.17, 15) is 31.2 Å². The van der Waals surface area contributed by atoms with Crippen LogP contribution >= 0.6 is 0 Å². The highest BCUT2D eigenvalue weighted by Crippen LogP contribution is 2.35. The van der Waals surface area contributed by atoms with E-state index in [1.165, 1.54) is 24.5 Å². The van der Waals surface area contributed by atoms with Crippen molar-refractivity contribution in [2.75, 3.05) is 5.75 Å². The van der Waals surface area contributed by atoms with E-state index in [0.29, 0.717) is 5.01 Å². The van der Waals surface area contributed by atoms with Gasteiger partial charge in [0.15, 0.2) is 15.2 Å².